The van der Waals surface area contributed by atoms with Crippen LogP contribution in [0.3, 0.4) is 0 Å². The summed E-state index contributed by atoms with van der Waals surface area (Å²) in [5, 5.41) is 12.6. The quantitative estimate of drug-likeness (QED) is 0.718. The van der Waals surface area contributed by atoms with Crippen molar-refractivity contribution in [3.05, 3.63) is 0 Å². The average Bonchev–Trinajstić information content (AvgIpc) is 2.79. The summed E-state index contributed by atoms with van der Waals surface area (Å²) >= 11 is 1.58. The average molecular weight is 217 g/mol. The lowest BCUT2D eigenvalue weighted by Gasteiger charge is -2.22. The minimum Gasteiger partial charge on any atom is -0.387 e. The molecule has 0 aliphatic heterocycles. The SMILES string of the molecule is CSCC(C)(O)CNC(=O)C1CC1C. The van der Waals surface area contributed by atoms with Crippen LogP contribution in [-0.2, 0) is 4.79 Å². The Bertz CT molecular complexity index is 218. The van der Waals surface area contributed by atoms with E-state index in [1.54, 1.807) is 18.7 Å². The molecular weight excluding hydrogens is 198 g/mol. The van der Waals surface area contributed by atoms with Crippen molar-refractivity contribution >= 4 is 17.7 Å². The van der Waals surface area contributed by atoms with Gasteiger partial charge in [-0.05, 0) is 25.5 Å². The molecule has 0 heterocycles. The third-order valence-electron chi connectivity index (χ3n) is 2.54. The van der Waals surface area contributed by atoms with Gasteiger partial charge in [0.05, 0.1) is 5.60 Å². The molecule has 82 valence electrons. The molecule has 0 spiro atoms. The molecule has 0 aromatic heterocycles. The summed E-state index contributed by atoms with van der Waals surface area (Å²) in [6, 6.07) is 0. The Balaban J connectivity index is 2.22. The number of carbonyl (C=O) groups is 1. The van der Waals surface area contributed by atoms with Crippen LogP contribution >= 0.6 is 11.8 Å². The molecule has 14 heavy (non-hydrogen) atoms. The molecule has 3 nitrogen and oxygen atoms in total. The Morgan fingerprint density at radius 1 is 1.71 bits per heavy atom. The number of thioether (sulfide) groups is 1. The fraction of sp³-hybridized carbons (Fsp3) is 0.900. The molecule has 1 rings (SSSR count). The van der Waals surface area contributed by atoms with Gasteiger partial charge in [0, 0.05) is 18.2 Å². The smallest absolute Gasteiger partial charge is 0.223 e. The highest BCUT2D eigenvalue weighted by atomic mass is 32.2. The number of rotatable bonds is 5. The first kappa shape index (κ1) is 11.9. The molecule has 1 saturated carbocycles. The standard InChI is InChI=1S/C10H19NO2S/c1-7-4-8(7)9(12)11-5-10(2,13)6-14-3/h7-8,13H,4-6H2,1-3H3,(H,11,12). The van der Waals surface area contributed by atoms with Gasteiger partial charge in [-0.1, -0.05) is 6.92 Å². The van der Waals surface area contributed by atoms with Crippen LogP contribution in [0.5, 0.6) is 0 Å². The molecule has 0 bridgehead atoms. The minimum atomic E-state index is -0.785. The molecule has 0 saturated heterocycles. The van der Waals surface area contributed by atoms with Crippen molar-refractivity contribution in [1.29, 1.82) is 0 Å². The number of hydrogen-bond donors (Lipinski definition) is 2. The number of aliphatic hydroxyl groups is 1. The van der Waals surface area contributed by atoms with Crippen LogP contribution < -0.4 is 5.32 Å². The van der Waals surface area contributed by atoms with Crippen LogP contribution in [0.15, 0.2) is 0 Å². The van der Waals surface area contributed by atoms with Crippen molar-refractivity contribution in [3.63, 3.8) is 0 Å². The Morgan fingerprint density at radius 2 is 2.29 bits per heavy atom. The van der Waals surface area contributed by atoms with Crippen LogP contribution in [0.1, 0.15) is 20.3 Å². The zero-order chi connectivity index (χ0) is 10.8. The Morgan fingerprint density at radius 3 is 2.71 bits per heavy atom. The number of hydrogen-bond acceptors (Lipinski definition) is 3. The van der Waals surface area contributed by atoms with E-state index in [2.05, 4.69) is 12.2 Å². The third-order valence-corrected chi connectivity index (χ3v) is 3.46. The molecular formula is C10H19NO2S. The van der Waals surface area contributed by atoms with Gasteiger partial charge < -0.3 is 10.4 Å². The maximum absolute atomic E-state index is 11.4. The lowest BCUT2D eigenvalue weighted by Crippen LogP contribution is -2.43. The topological polar surface area (TPSA) is 49.3 Å². The van der Waals surface area contributed by atoms with Crippen LogP contribution in [0.2, 0.25) is 0 Å². The molecule has 0 aromatic rings. The van der Waals surface area contributed by atoms with Gasteiger partial charge in [-0.2, -0.15) is 11.8 Å². The van der Waals surface area contributed by atoms with Crippen molar-refractivity contribution < 1.29 is 9.90 Å². The van der Waals surface area contributed by atoms with Gasteiger partial charge in [0.2, 0.25) is 5.91 Å². The summed E-state index contributed by atoms with van der Waals surface area (Å²) in [5.74, 6) is 1.47. The second kappa shape index (κ2) is 4.53. The predicted molar refractivity (Wildman–Crippen MR) is 59.3 cm³/mol. The summed E-state index contributed by atoms with van der Waals surface area (Å²) < 4.78 is 0. The van der Waals surface area contributed by atoms with Gasteiger partial charge in [-0.3, -0.25) is 4.79 Å². The lowest BCUT2D eigenvalue weighted by atomic mass is 10.1. The molecule has 2 N–H and O–H groups in total. The fourth-order valence-electron chi connectivity index (χ4n) is 1.46. The summed E-state index contributed by atoms with van der Waals surface area (Å²) in [6.07, 6.45) is 2.94. The van der Waals surface area contributed by atoms with Gasteiger partial charge in [0.15, 0.2) is 0 Å². The van der Waals surface area contributed by atoms with Crippen molar-refractivity contribution in [2.45, 2.75) is 25.9 Å². The first-order valence-corrected chi connectivity index (χ1v) is 6.35. The summed E-state index contributed by atoms with van der Waals surface area (Å²) in [5.41, 5.74) is -0.785. The monoisotopic (exact) mass is 217 g/mol. The van der Waals surface area contributed by atoms with Gasteiger partial charge >= 0.3 is 0 Å². The molecule has 4 heteroatoms. The fourth-order valence-corrected chi connectivity index (χ4v) is 2.18. The third kappa shape index (κ3) is 3.50. The molecule has 1 aliphatic rings. The maximum Gasteiger partial charge on any atom is 0.223 e. The zero-order valence-corrected chi connectivity index (χ0v) is 9.86. The predicted octanol–water partition coefficient (Wildman–Crippen LogP) is 0.873. The van der Waals surface area contributed by atoms with Crippen molar-refractivity contribution in [1.82, 2.24) is 5.32 Å². The second-order valence-electron chi connectivity index (χ2n) is 4.47. The molecule has 1 fully saturated rings. The van der Waals surface area contributed by atoms with E-state index in [4.69, 9.17) is 0 Å². The highest BCUT2D eigenvalue weighted by molar-refractivity contribution is 7.98. The van der Waals surface area contributed by atoms with Gasteiger partial charge in [-0.15, -0.1) is 0 Å². The molecule has 3 unspecified atom stereocenters. The van der Waals surface area contributed by atoms with E-state index in [0.29, 0.717) is 18.2 Å². The van der Waals surface area contributed by atoms with E-state index in [1.165, 1.54) is 0 Å². The lowest BCUT2D eigenvalue weighted by molar-refractivity contribution is -0.123. The molecule has 1 aliphatic carbocycles. The van der Waals surface area contributed by atoms with Crippen molar-refractivity contribution in [3.8, 4) is 0 Å². The van der Waals surface area contributed by atoms with Gasteiger partial charge in [0.25, 0.3) is 0 Å². The Labute approximate surface area is 89.6 Å². The van der Waals surface area contributed by atoms with E-state index < -0.39 is 5.60 Å². The van der Waals surface area contributed by atoms with Crippen LogP contribution in [0, 0.1) is 11.8 Å². The van der Waals surface area contributed by atoms with E-state index in [0.717, 1.165) is 6.42 Å². The highest BCUT2D eigenvalue weighted by Gasteiger charge is 2.39. The summed E-state index contributed by atoms with van der Waals surface area (Å²) in [4.78, 5) is 11.4. The maximum atomic E-state index is 11.4. The summed E-state index contributed by atoms with van der Waals surface area (Å²) in [6.45, 7) is 4.18. The zero-order valence-electron chi connectivity index (χ0n) is 9.04. The van der Waals surface area contributed by atoms with Gasteiger partial charge in [-0.25, -0.2) is 0 Å². The largest absolute Gasteiger partial charge is 0.387 e. The van der Waals surface area contributed by atoms with Crippen LogP contribution in [-0.4, -0.2) is 35.2 Å². The normalized spacial score (nSPS) is 29.4. The molecule has 0 radical (unpaired) electrons. The molecule has 3 atom stereocenters. The highest BCUT2D eigenvalue weighted by Crippen LogP contribution is 2.37. The van der Waals surface area contributed by atoms with E-state index >= 15 is 0 Å². The van der Waals surface area contributed by atoms with Crippen molar-refractivity contribution in [2.24, 2.45) is 11.8 Å². The molecule has 0 aromatic carbocycles. The molecule has 1 amide bonds. The van der Waals surface area contributed by atoms with Crippen molar-refractivity contribution in [2.75, 3.05) is 18.6 Å². The van der Waals surface area contributed by atoms with Crippen LogP contribution in [0.4, 0.5) is 0 Å². The first-order chi connectivity index (χ1) is 6.46. The number of nitrogens with one attached hydrogen (secondary N) is 1. The van der Waals surface area contributed by atoms with E-state index in [9.17, 15) is 9.90 Å². The van der Waals surface area contributed by atoms with E-state index in [-0.39, 0.29) is 11.8 Å². The Kier molecular flexibility index (Phi) is 3.84. The first-order valence-electron chi connectivity index (χ1n) is 4.95. The minimum absolute atomic E-state index is 0.0962. The number of amides is 1. The number of carbonyl (C=O) groups excluding carboxylic acids is 1. The van der Waals surface area contributed by atoms with E-state index in [1.807, 2.05) is 6.26 Å². The summed E-state index contributed by atoms with van der Waals surface area (Å²) in [7, 11) is 0. The van der Waals surface area contributed by atoms with Gasteiger partial charge in [0.1, 0.15) is 0 Å². The second-order valence-corrected chi connectivity index (χ2v) is 5.33. The van der Waals surface area contributed by atoms with Crippen LogP contribution in [0.25, 0.3) is 0 Å². The Hall–Kier alpha value is -0.220.